The van der Waals surface area contributed by atoms with E-state index in [1.54, 1.807) is 11.1 Å². The molecule has 108 valence electrons. The molecule has 2 fully saturated rings. The van der Waals surface area contributed by atoms with Gasteiger partial charge in [0.1, 0.15) is 0 Å². The molecule has 0 bridgehead atoms. The van der Waals surface area contributed by atoms with E-state index in [1.807, 2.05) is 0 Å². The van der Waals surface area contributed by atoms with Gasteiger partial charge in [0.25, 0.3) is 0 Å². The first-order valence-electron chi connectivity index (χ1n) is 8.38. The number of aryl methyl sites for hydroxylation is 1. The van der Waals surface area contributed by atoms with Crippen molar-refractivity contribution in [2.45, 2.75) is 74.9 Å². The molecule has 0 amide bonds. The van der Waals surface area contributed by atoms with Crippen LogP contribution in [0, 0.1) is 0 Å². The molecule has 2 atom stereocenters. The lowest BCUT2D eigenvalue weighted by Crippen LogP contribution is -2.40. The smallest absolute Gasteiger partial charge is 0.0176 e. The standard InChI is InChI=1S/C18H26N2/c19-14-7-9-15(10-8-14)20-17-12-18(17)11-3-5-13-4-1-2-6-16(13)18/h1-2,4,6,14-15,17,20H,3,5,7-12,19H2/t14-,15-,17-,18+/m1/s1. The highest BCUT2D eigenvalue weighted by Crippen LogP contribution is 2.55. The first kappa shape index (κ1) is 12.8. The second-order valence-electron chi connectivity index (χ2n) is 7.20. The minimum Gasteiger partial charge on any atom is -0.328 e. The van der Waals surface area contributed by atoms with Crippen LogP contribution in [-0.2, 0) is 11.8 Å². The Bertz CT molecular complexity index is 490. The van der Waals surface area contributed by atoms with Crippen molar-refractivity contribution in [3.8, 4) is 0 Å². The van der Waals surface area contributed by atoms with Crippen molar-refractivity contribution < 1.29 is 0 Å². The van der Waals surface area contributed by atoms with Crippen molar-refractivity contribution >= 4 is 0 Å². The molecule has 0 aliphatic heterocycles. The van der Waals surface area contributed by atoms with E-state index in [0.29, 0.717) is 17.5 Å². The summed E-state index contributed by atoms with van der Waals surface area (Å²) in [6.45, 7) is 0. The van der Waals surface area contributed by atoms with Gasteiger partial charge in [-0.05, 0) is 62.5 Å². The Morgan fingerprint density at radius 2 is 1.90 bits per heavy atom. The molecular weight excluding hydrogens is 244 g/mol. The monoisotopic (exact) mass is 270 g/mol. The lowest BCUT2D eigenvalue weighted by atomic mass is 9.79. The Morgan fingerprint density at radius 3 is 2.75 bits per heavy atom. The predicted octanol–water partition coefficient (Wildman–Crippen LogP) is 2.89. The normalized spacial score (nSPS) is 39.5. The third kappa shape index (κ3) is 2.10. The number of rotatable bonds is 2. The fraction of sp³-hybridized carbons (Fsp3) is 0.667. The zero-order chi connectivity index (χ0) is 13.6. The molecule has 0 saturated heterocycles. The molecule has 1 aromatic carbocycles. The van der Waals surface area contributed by atoms with Gasteiger partial charge in [0.05, 0.1) is 0 Å². The Hall–Kier alpha value is -0.860. The lowest BCUT2D eigenvalue weighted by Gasteiger charge is -2.30. The summed E-state index contributed by atoms with van der Waals surface area (Å²) in [5, 5.41) is 3.96. The summed E-state index contributed by atoms with van der Waals surface area (Å²) in [5.74, 6) is 0. The van der Waals surface area contributed by atoms with E-state index < -0.39 is 0 Å². The number of hydrogen-bond donors (Lipinski definition) is 2. The van der Waals surface area contributed by atoms with E-state index >= 15 is 0 Å². The fourth-order valence-electron chi connectivity index (χ4n) is 4.62. The summed E-state index contributed by atoms with van der Waals surface area (Å²) < 4.78 is 0. The molecule has 2 heteroatoms. The van der Waals surface area contributed by atoms with E-state index in [4.69, 9.17) is 5.73 Å². The highest BCUT2D eigenvalue weighted by atomic mass is 15.0. The van der Waals surface area contributed by atoms with Gasteiger partial charge in [-0.2, -0.15) is 0 Å². The number of fused-ring (bicyclic) bond motifs is 2. The molecule has 3 aliphatic rings. The Labute approximate surface area is 122 Å². The number of hydrogen-bond acceptors (Lipinski definition) is 2. The van der Waals surface area contributed by atoms with Gasteiger partial charge in [-0.25, -0.2) is 0 Å². The van der Waals surface area contributed by atoms with Crippen molar-refractivity contribution in [3.05, 3.63) is 35.4 Å². The maximum Gasteiger partial charge on any atom is 0.0176 e. The van der Waals surface area contributed by atoms with Gasteiger partial charge < -0.3 is 11.1 Å². The molecule has 1 aromatic rings. The summed E-state index contributed by atoms with van der Waals surface area (Å²) in [4.78, 5) is 0. The summed E-state index contributed by atoms with van der Waals surface area (Å²) in [6.07, 6.45) is 10.3. The molecule has 3 aliphatic carbocycles. The first-order valence-corrected chi connectivity index (χ1v) is 8.38. The maximum atomic E-state index is 6.02. The zero-order valence-electron chi connectivity index (χ0n) is 12.3. The van der Waals surface area contributed by atoms with Crippen molar-refractivity contribution in [1.29, 1.82) is 0 Å². The van der Waals surface area contributed by atoms with Crippen LogP contribution in [0.3, 0.4) is 0 Å². The second kappa shape index (κ2) is 4.85. The fourth-order valence-corrected chi connectivity index (χ4v) is 4.62. The van der Waals surface area contributed by atoms with Gasteiger partial charge >= 0.3 is 0 Å². The molecule has 0 unspecified atom stereocenters. The van der Waals surface area contributed by atoms with Crippen LogP contribution < -0.4 is 11.1 Å². The van der Waals surface area contributed by atoms with Gasteiger partial charge in [-0.3, -0.25) is 0 Å². The van der Waals surface area contributed by atoms with E-state index in [2.05, 4.69) is 29.6 Å². The third-order valence-electron chi connectivity index (χ3n) is 5.91. The lowest BCUT2D eigenvalue weighted by molar-refractivity contribution is 0.329. The Balaban J connectivity index is 1.47. The Kier molecular flexibility index (Phi) is 3.12. The van der Waals surface area contributed by atoms with E-state index in [-0.39, 0.29) is 0 Å². The zero-order valence-corrected chi connectivity index (χ0v) is 12.3. The van der Waals surface area contributed by atoms with Gasteiger partial charge in [0.2, 0.25) is 0 Å². The number of nitrogens with one attached hydrogen (secondary N) is 1. The minimum absolute atomic E-state index is 0.455. The molecule has 2 saturated carbocycles. The van der Waals surface area contributed by atoms with Crippen molar-refractivity contribution in [1.82, 2.24) is 5.32 Å². The molecule has 1 spiro atoms. The summed E-state index contributed by atoms with van der Waals surface area (Å²) in [6, 6.07) is 11.0. The molecule has 3 N–H and O–H groups in total. The first-order chi connectivity index (χ1) is 9.78. The summed E-state index contributed by atoms with van der Waals surface area (Å²) in [5.41, 5.74) is 9.75. The topological polar surface area (TPSA) is 38.0 Å². The summed E-state index contributed by atoms with van der Waals surface area (Å²) in [7, 11) is 0. The van der Waals surface area contributed by atoms with Gasteiger partial charge in [-0.1, -0.05) is 24.3 Å². The van der Waals surface area contributed by atoms with Crippen LogP contribution in [0.1, 0.15) is 56.1 Å². The van der Waals surface area contributed by atoms with Crippen LogP contribution in [0.15, 0.2) is 24.3 Å². The molecule has 4 rings (SSSR count). The molecule has 0 aromatic heterocycles. The number of benzene rings is 1. The third-order valence-corrected chi connectivity index (χ3v) is 5.91. The molecular formula is C18H26N2. The average molecular weight is 270 g/mol. The molecule has 0 heterocycles. The molecule has 20 heavy (non-hydrogen) atoms. The van der Waals surface area contributed by atoms with Crippen LogP contribution in [0.4, 0.5) is 0 Å². The van der Waals surface area contributed by atoms with E-state index in [1.165, 1.54) is 51.4 Å². The SMILES string of the molecule is N[C@H]1CC[C@H](N[C@@H]2C[C@]23CCCc2ccccc23)CC1. The van der Waals surface area contributed by atoms with Gasteiger partial charge in [-0.15, -0.1) is 0 Å². The van der Waals surface area contributed by atoms with E-state index in [0.717, 1.165) is 6.04 Å². The van der Waals surface area contributed by atoms with Crippen LogP contribution in [0.25, 0.3) is 0 Å². The summed E-state index contributed by atoms with van der Waals surface area (Å²) >= 11 is 0. The maximum absolute atomic E-state index is 6.02. The van der Waals surface area contributed by atoms with Crippen LogP contribution >= 0.6 is 0 Å². The van der Waals surface area contributed by atoms with Gasteiger partial charge in [0, 0.05) is 23.5 Å². The average Bonchev–Trinajstić information content (AvgIpc) is 3.15. The van der Waals surface area contributed by atoms with E-state index in [9.17, 15) is 0 Å². The highest BCUT2D eigenvalue weighted by molar-refractivity contribution is 5.44. The van der Waals surface area contributed by atoms with Crippen molar-refractivity contribution in [2.24, 2.45) is 5.73 Å². The largest absolute Gasteiger partial charge is 0.328 e. The molecule has 0 radical (unpaired) electrons. The highest BCUT2D eigenvalue weighted by Gasteiger charge is 2.56. The minimum atomic E-state index is 0.455. The van der Waals surface area contributed by atoms with Crippen molar-refractivity contribution in [2.75, 3.05) is 0 Å². The van der Waals surface area contributed by atoms with Crippen LogP contribution in [0.5, 0.6) is 0 Å². The van der Waals surface area contributed by atoms with Crippen LogP contribution in [0.2, 0.25) is 0 Å². The van der Waals surface area contributed by atoms with Crippen molar-refractivity contribution in [3.63, 3.8) is 0 Å². The van der Waals surface area contributed by atoms with Gasteiger partial charge in [0.15, 0.2) is 0 Å². The quantitative estimate of drug-likeness (QED) is 0.867. The number of nitrogens with two attached hydrogens (primary N) is 1. The second-order valence-corrected chi connectivity index (χ2v) is 7.20. The van der Waals surface area contributed by atoms with Crippen LogP contribution in [-0.4, -0.2) is 18.1 Å². The molecule has 2 nitrogen and oxygen atoms in total. The Morgan fingerprint density at radius 1 is 1.10 bits per heavy atom. The predicted molar refractivity (Wildman–Crippen MR) is 82.8 cm³/mol.